The molecule has 0 unspecified atom stereocenters. The Morgan fingerprint density at radius 1 is 1.39 bits per heavy atom. The minimum absolute atomic E-state index is 0.0202. The van der Waals surface area contributed by atoms with Crippen LogP contribution in [0.1, 0.15) is 0 Å². The molecule has 0 atom stereocenters. The molecule has 0 aliphatic heterocycles. The van der Waals surface area contributed by atoms with Gasteiger partial charge in [0.05, 0.1) is 17.3 Å². The van der Waals surface area contributed by atoms with E-state index < -0.39 is 4.92 Å². The minimum atomic E-state index is -0.573. The van der Waals surface area contributed by atoms with E-state index in [4.69, 9.17) is 20.4 Å². The van der Waals surface area contributed by atoms with Gasteiger partial charge in [0.2, 0.25) is 0 Å². The van der Waals surface area contributed by atoms with Gasteiger partial charge >= 0.3 is 0 Å². The van der Waals surface area contributed by atoms with Crippen LogP contribution in [0.3, 0.4) is 0 Å². The van der Waals surface area contributed by atoms with Gasteiger partial charge in [0.25, 0.3) is 11.6 Å². The second kappa shape index (κ2) is 3.85. The quantitative estimate of drug-likeness (QED) is 0.521. The topological polar surface area (TPSA) is 82.3 Å². The van der Waals surface area contributed by atoms with Crippen LogP contribution in [-0.4, -0.2) is 9.91 Å². The molecule has 1 aromatic carbocycles. The zero-order valence-corrected chi connectivity index (χ0v) is 9.55. The predicted molar refractivity (Wildman–Crippen MR) is 63.4 cm³/mol. The molecular weight excluding hydrogens is 260 g/mol. The molecule has 0 fully saturated rings. The van der Waals surface area contributed by atoms with Gasteiger partial charge < -0.3 is 8.83 Å². The maximum absolute atomic E-state index is 10.7. The second-order valence-electron chi connectivity index (χ2n) is 3.52. The number of hydrogen-bond acceptors (Lipinski definition) is 5. The first-order valence-electron chi connectivity index (χ1n) is 4.93. The average Bonchev–Trinajstić information content (AvgIpc) is 2.95. The van der Waals surface area contributed by atoms with Crippen molar-refractivity contribution in [2.24, 2.45) is 0 Å². The van der Waals surface area contributed by atoms with Crippen molar-refractivity contribution in [2.45, 2.75) is 0 Å². The Hall–Kier alpha value is -2.34. The van der Waals surface area contributed by atoms with Crippen LogP contribution >= 0.6 is 11.6 Å². The van der Waals surface area contributed by atoms with Crippen molar-refractivity contribution in [2.75, 3.05) is 0 Å². The van der Waals surface area contributed by atoms with Gasteiger partial charge in [-0.3, -0.25) is 10.1 Å². The molecule has 0 aliphatic rings. The van der Waals surface area contributed by atoms with E-state index in [0.29, 0.717) is 11.3 Å². The lowest BCUT2D eigenvalue weighted by Crippen LogP contribution is -1.88. The van der Waals surface area contributed by atoms with E-state index in [-0.39, 0.29) is 22.2 Å². The highest BCUT2D eigenvalue weighted by Crippen LogP contribution is 2.32. The highest BCUT2D eigenvalue weighted by Gasteiger charge is 2.18. The Morgan fingerprint density at radius 2 is 2.22 bits per heavy atom. The number of nitro benzene ring substituents is 1. The standard InChI is InChI=1S/C11H5ClN2O4/c12-6-4-7-10(5-8(6)14(15)16)18-11(13-7)9-2-1-3-17-9/h1-5H. The van der Waals surface area contributed by atoms with Crippen molar-refractivity contribution in [1.29, 1.82) is 0 Å². The Labute approximate surface area is 105 Å². The number of halogens is 1. The summed E-state index contributed by atoms with van der Waals surface area (Å²) in [5.41, 5.74) is 0.515. The molecule has 2 heterocycles. The van der Waals surface area contributed by atoms with E-state index in [1.165, 1.54) is 18.4 Å². The molecule has 3 rings (SSSR count). The lowest BCUT2D eigenvalue weighted by molar-refractivity contribution is -0.384. The molecule has 0 saturated carbocycles. The third kappa shape index (κ3) is 1.63. The van der Waals surface area contributed by atoms with Crippen molar-refractivity contribution in [1.82, 2.24) is 4.98 Å². The first-order chi connectivity index (χ1) is 8.65. The normalized spacial score (nSPS) is 10.9. The van der Waals surface area contributed by atoms with Gasteiger partial charge in [-0.1, -0.05) is 11.6 Å². The second-order valence-corrected chi connectivity index (χ2v) is 3.93. The fourth-order valence-corrected chi connectivity index (χ4v) is 1.81. The van der Waals surface area contributed by atoms with Crippen LogP contribution in [-0.2, 0) is 0 Å². The summed E-state index contributed by atoms with van der Waals surface area (Å²) in [5.74, 6) is 0.705. The Morgan fingerprint density at radius 3 is 2.89 bits per heavy atom. The zero-order chi connectivity index (χ0) is 12.7. The fourth-order valence-electron chi connectivity index (χ4n) is 1.58. The number of aromatic nitrogens is 1. The Kier molecular flexibility index (Phi) is 2.31. The number of rotatable bonds is 2. The first kappa shape index (κ1) is 10.8. The third-order valence-electron chi connectivity index (χ3n) is 2.39. The minimum Gasteiger partial charge on any atom is -0.459 e. The SMILES string of the molecule is O=[N+]([O-])c1cc2oc(-c3ccco3)nc2cc1Cl. The van der Waals surface area contributed by atoms with Crippen LogP contribution in [0.2, 0.25) is 5.02 Å². The molecule has 0 N–H and O–H groups in total. The van der Waals surface area contributed by atoms with Gasteiger partial charge in [-0.2, -0.15) is 0 Å². The van der Waals surface area contributed by atoms with Crippen LogP contribution in [0.25, 0.3) is 22.8 Å². The number of oxazole rings is 1. The molecule has 0 aliphatic carbocycles. The summed E-state index contributed by atoms with van der Waals surface area (Å²) in [6, 6.07) is 6.02. The summed E-state index contributed by atoms with van der Waals surface area (Å²) >= 11 is 5.79. The largest absolute Gasteiger partial charge is 0.459 e. The molecule has 0 spiro atoms. The van der Waals surface area contributed by atoms with Gasteiger partial charge in [-0.05, 0) is 18.2 Å². The number of furan rings is 1. The number of hydrogen-bond donors (Lipinski definition) is 0. The molecule has 0 radical (unpaired) electrons. The molecule has 90 valence electrons. The zero-order valence-electron chi connectivity index (χ0n) is 8.79. The van der Waals surface area contributed by atoms with Crippen LogP contribution < -0.4 is 0 Å². The van der Waals surface area contributed by atoms with E-state index in [1.807, 2.05) is 0 Å². The molecule has 7 heteroatoms. The smallest absolute Gasteiger partial charge is 0.291 e. The van der Waals surface area contributed by atoms with Gasteiger partial charge in [0.15, 0.2) is 11.3 Å². The molecule has 0 bridgehead atoms. The predicted octanol–water partition coefficient (Wildman–Crippen LogP) is 3.65. The molecule has 6 nitrogen and oxygen atoms in total. The Bertz CT molecular complexity index is 733. The van der Waals surface area contributed by atoms with Crippen LogP contribution in [0.5, 0.6) is 0 Å². The highest BCUT2D eigenvalue weighted by molar-refractivity contribution is 6.33. The van der Waals surface area contributed by atoms with Gasteiger partial charge in [-0.15, -0.1) is 0 Å². The third-order valence-corrected chi connectivity index (χ3v) is 2.69. The van der Waals surface area contributed by atoms with E-state index >= 15 is 0 Å². The summed E-state index contributed by atoms with van der Waals surface area (Å²) in [5, 5.41) is 10.8. The molecule has 18 heavy (non-hydrogen) atoms. The average molecular weight is 265 g/mol. The fraction of sp³-hybridized carbons (Fsp3) is 0. The molecule has 0 saturated heterocycles. The van der Waals surface area contributed by atoms with E-state index in [0.717, 1.165) is 0 Å². The maximum Gasteiger partial charge on any atom is 0.291 e. The Balaban J connectivity index is 2.21. The summed E-state index contributed by atoms with van der Waals surface area (Å²) in [7, 11) is 0. The molecule has 3 aromatic rings. The highest BCUT2D eigenvalue weighted by atomic mass is 35.5. The number of nitro groups is 1. The first-order valence-corrected chi connectivity index (χ1v) is 5.31. The van der Waals surface area contributed by atoms with Crippen LogP contribution in [0, 0.1) is 10.1 Å². The van der Waals surface area contributed by atoms with Crippen LogP contribution in [0.15, 0.2) is 39.4 Å². The maximum atomic E-state index is 10.7. The number of fused-ring (bicyclic) bond motifs is 1. The molecule has 2 aromatic heterocycles. The summed E-state index contributed by atoms with van der Waals surface area (Å²) in [4.78, 5) is 14.3. The summed E-state index contributed by atoms with van der Waals surface area (Å²) in [6.07, 6.45) is 1.49. The molecule has 0 amide bonds. The van der Waals surface area contributed by atoms with E-state index in [1.54, 1.807) is 12.1 Å². The monoisotopic (exact) mass is 264 g/mol. The van der Waals surface area contributed by atoms with Crippen molar-refractivity contribution in [3.8, 4) is 11.7 Å². The van der Waals surface area contributed by atoms with Crippen molar-refractivity contribution in [3.05, 3.63) is 45.7 Å². The number of nitrogens with zero attached hydrogens (tertiary/aromatic N) is 2. The summed E-state index contributed by atoms with van der Waals surface area (Å²) < 4.78 is 10.5. The van der Waals surface area contributed by atoms with Crippen molar-refractivity contribution >= 4 is 28.4 Å². The molecular formula is C11H5ClN2O4. The van der Waals surface area contributed by atoms with Crippen molar-refractivity contribution < 1.29 is 13.8 Å². The van der Waals surface area contributed by atoms with E-state index in [2.05, 4.69) is 4.98 Å². The lowest BCUT2D eigenvalue weighted by atomic mass is 10.3. The lowest BCUT2D eigenvalue weighted by Gasteiger charge is -1.93. The van der Waals surface area contributed by atoms with Gasteiger partial charge in [-0.25, -0.2) is 4.98 Å². The van der Waals surface area contributed by atoms with Gasteiger partial charge in [0.1, 0.15) is 10.5 Å². The van der Waals surface area contributed by atoms with Crippen LogP contribution in [0.4, 0.5) is 5.69 Å². The van der Waals surface area contributed by atoms with Crippen molar-refractivity contribution in [3.63, 3.8) is 0 Å². The number of benzene rings is 1. The summed E-state index contributed by atoms with van der Waals surface area (Å²) in [6.45, 7) is 0. The van der Waals surface area contributed by atoms with E-state index in [9.17, 15) is 10.1 Å². The van der Waals surface area contributed by atoms with Gasteiger partial charge in [0, 0.05) is 0 Å².